The molecule has 0 saturated carbocycles. The van der Waals surface area contributed by atoms with E-state index in [4.69, 9.17) is 4.74 Å². The first-order chi connectivity index (χ1) is 10.6. The lowest BCUT2D eigenvalue weighted by Crippen LogP contribution is -2.43. The van der Waals surface area contributed by atoms with E-state index in [-0.39, 0.29) is 24.8 Å². The van der Waals surface area contributed by atoms with Crippen molar-refractivity contribution in [3.63, 3.8) is 0 Å². The Morgan fingerprint density at radius 3 is 2.59 bits per heavy atom. The summed E-state index contributed by atoms with van der Waals surface area (Å²) >= 11 is 0. The van der Waals surface area contributed by atoms with Gasteiger partial charge in [0.25, 0.3) is 0 Å². The molecule has 1 aliphatic heterocycles. The average Bonchev–Trinajstić information content (AvgIpc) is 2.54. The maximum atomic E-state index is 12.0. The van der Waals surface area contributed by atoms with Crippen molar-refractivity contribution in [2.75, 3.05) is 26.2 Å². The van der Waals surface area contributed by atoms with Crippen molar-refractivity contribution in [2.24, 2.45) is 5.92 Å². The van der Waals surface area contributed by atoms with Crippen LogP contribution in [0.2, 0.25) is 0 Å². The molecule has 5 heteroatoms. The number of likely N-dealkylation sites (tertiary alicyclic amines) is 1. The molecule has 22 heavy (non-hydrogen) atoms. The Bertz CT molecular complexity index is 482. The minimum Gasteiger partial charge on any atom is -0.493 e. The summed E-state index contributed by atoms with van der Waals surface area (Å²) in [6, 6.07) is 9.37. The average molecular weight is 304 g/mol. The van der Waals surface area contributed by atoms with E-state index in [0.717, 1.165) is 31.7 Å². The van der Waals surface area contributed by atoms with Crippen molar-refractivity contribution in [2.45, 2.75) is 26.2 Å². The summed E-state index contributed by atoms with van der Waals surface area (Å²) in [5, 5.41) is 2.67. The zero-order valence-electron chi connectivity index (χ0n) is 13.1. The summed E-state index contributed by atoms with van der Waals surface area (Å²) in [5.41, 5.74) is 0. The third-order valence-corrected chi connectivity index (χ3v) is 3.91. The number of nitrogens with zero attached hydrogens (tertiary/aromatic N) is 1. The predicted molar refractivity (Wildman–Crippen MR) is 84.5 cm³/mol. The van der Waals surface area contributed by atoms with Crippen LogP contribution in [-0.2, 0) is 9.59 Å². The van der Waals surface area contributed by atoms with Crippen molar-refractivity contribution in [1.82, 2.24) is 10.2 Å². The van der Waals surface area contributed by atoms with Gasteiger partial charge in [0, 0.05) is 13.1 Å². The molecule has 0 aromatic heterocycles. The lowest BCUT2D eigenvalue weighted by molar-refractivity contribution is -0.134. The van der Waals surface area contributed by atoms with Crippen LogP contribution < -0.4 is 10.1 Å². The lowest BCUT2D eigenvalue weighted by atomic mass is 9.99. The topological polar surface area (TPSA) is 58.6 Å². The van der Waals surface area contributed by atoms with Gasteiger partial charge in [0.05, 0.1) is 19.6 Å². The summed E-state index contributed by atoms with van der Waals surface area (Å²) in [6.45, 7) is 4.19. The van der Waals surface area contributed by atoms with E-state index in [9.17, 15) is 9.59 Å². The van der Waals surface area contributed by atoms with Gasteiger partial charge in [-0.2, -0.15) is 0 Å². The van der Waals surface area contributed by atoms with Crippen LogP contribution in [0.15, 0.2) is 30.3 Å². The van der Waals surface area contributed by atoms with Gasteiger partial charge in [0.15, 0.2) is 0 Å². The fourth-order valence-corrected chi connectivity index (χ4v) is 2.41. The highest BCUT2D eigenvalue weighted by atomic mass is 16.5. The summed E-state index contributed by atoms with van der Waals surface area (Å²) in [4.78, 5) is 25.5. The third-order valence-electron chi connectivity index (χ3n) is 3.91. The van der Waals surface area contributed by atoms with E-state index in [1.54, 1.807) is 0 Å². The second-order valence-electron chi connectivity index (χ2n) is 5.75. The van der Waals surface area contributed by atoms with E-state index in [1.807, 2.05) is 35.2 Å². The van der Waals surface area contributed by atoms with Crippen LogP contribution in [0, 0.1) is 5.92 Å². The standard InChI is InChI=1S/C17H24N2O3/c1-14-7-10-19(11-8-14)17(21)13-18-16(20)9-12-22-15-5-3-2-4-6-15/h2-6,14H,7-13H2,1H3,(H,18,20). The first kappa shape index (κ1) is 16.3. The van der Waals surface area contributed by atoms with Crippen molar-refractivity contribution >= 4 is 11.8 Å². The summed E-state index contributed by atoms with van der Waals surface area (Å²) in [7, 11) is 0. The van der Waals surface area contributed by atoms with Crippen LogP contribution >= 0.6 is 0 Å². The molecule has 1 fully saturated rings. The Labute approximate surface area is 131 Å². The van der Waals surface area contributed by atoms with Crippen molar-refractivity contribution in [3.05, 3.63) is 30.3 Å². The fourth-order valence-electron chi connectivity index (χ4n) is 2.41. The zero-order valence-corrected chi connectivity index (χ0v) is 13.1. The molecule has 0 radical (unpaired) electrons. The number of piperidine rings is 1. The van der Waals surface area contributed by atoms with Gasteiger partial charge in [-0.15, -0.1) is 0 Å². The van der Waals surface area contributed by atoms with Crippen LogP contribution in [0.5, 0.6) is 5.75 Å². The molecule has 2 rings (SSSR count). The molecule has 1 heterocycles. The molecule has 1 aromatic rings. The molecule has 0 unspecified atom stereocenters. The molecule has 0 aliphatic carbocycles. The SMILES string of the molecule is CC1CCN(C(=O)CNC(=O)CCOc2ccccc2)CC1. The molecular formula is C17H24N2O3. The number of nitrogens with one attached hydrogen (secondary N) is 1. The normalized spacial score (nSPS) is 15.4. The van der Waals surface area contributed by atoms with Crippen LogP contribution in [0.25, 0.3) is 0 Å². The van der Waals surface area contributed by atoms with Crippen molar-refractivity contribution in [1.29, 1.82) is 0 Å². The van der Waals surface area contributed by atoms with Gasteiger partial charge >= 0.3 is 0 Å². The highest BCUT2D eigenvalue weighted by molar-refractivity contribution is 5.84. The van der Waals surface area contributed by atoms with Gasteiger partial charge < -0.3 is 15.0 Å². The molecule has 0 spiro atoms. The largest absolute Gasteiger partial charge is 0.493 e. The first-order valence-corrected chi connectivity index (χ1v) is 7.87. The number of para-hydroxylation sites is 1. The Hall–Kier alpha value is -2.04. The van der Waals surface area contributed by atoms with Gasteiger partial charge in [-0.3, -0.25) is 9.59 Å². The quantitative estimate of drug-likeness (QED) is 0.872. The van der Waals surface area contributed by atoms with Gasteiger partial charge in [-0.05, 0) is 30.9 Å². The molecular weight excluding hydrogens is 280 g/mol. The van der Waals surface area contributed by atoms with E-state index in [2.05, 4.69) is 12.2 Å². The monoisotopic (exact) mass is 304 g/mol. The zero-order chi connectivity index (χ0) is 15.8. The molecule has 1 N–H and O–H groups in total. The number of benzene rings is 1. The minimum atomic E-state index is -0.158. The Morgan fingerprint density at radius 2 is 1.91 bits per heavy atom. The number of amides is 2. The number of carbonyl (C=O) groups excluding carboxylic acids is 2. The van der Waals surface area contributed by atoms with Crippen molar-refractivity contribution in [3.8, 4) is 5.75 Å². The number of hydrogen-bond acceptors (Lipinski definition) is 3. The van der Waals surface area contributed by atoms with Gasteiger partial charge in [0.2, 0.25) is 11.8 Å². The van der Waals surface area contributed by atoms with E-state index in [0.29, 0.717) is 12.5 Å². The Morgan fingerprint density at radius 1 is 1.23 bits per heavy atom. The summed E-state index contributed by atoms with van der Waals surface area (Å²) in [6.07, 6.45) is 2.34. The molecule has 1 aliphatic rings. The van der Waals surface area contributed by atoms with Gasteiger partial charge in [0.1, 0.15) is 5.75 Å². The highest BCUT2D eigenvalue weighted by Crippen LogP contribution is 2.15. The molecule has 0 bridgehead atoms. The fraction of sp³-hybridized carbons (Fsp3) is 0.529. The molecule has 0 atom stereocenters. The van der Waals surface area contributed by atoms with Crippen LogP contribution in [0.4, 0.5) is 0 Å². The van der Waals surface area contributed by atoms with Crippen LogP contribution in [-0.4, -0.2) is 43.0 Å². The Balaban J connectivity index is 1.60. The molecule has 1 saturated heterocycles. The number of rotatable bonds is 6. The number of ether oxygens (including phenoxy) is 1. The van der Waals surface area contributed by atoms with Gasteiger partial charge in [-0.1, -0.05) is 25.1 Å². The van der Waals surface area contributed by atoms with Crippen molar-refractivity contribution < 1.29 is 14.3 Å². The van der Waals surface area contributed by atoms with Crippen LogP contribution in [0.1, 0.15) is 26.2 Å². The molecule has 2 amide bonds. The van der Waals surface area contributed by atoms with Gasteiger partial charge in [-0.25, -0.2) is 0 Å². The molecule has 1 aromatic carbocycles. The highest BCUT2D eigenvalue weighted by Gasteiger charge is 2.20. The first-order valence-electron chi connectivity index (χ1n) is 7.87. The summed E-state index contributed by atoms with van der Waals surface area (Å²) < 4.78 is 5.46. The lowest BCUT2D eigenvalue weighted by Gasteiger charge is -2.30. The minimum absolute atomic E-state index is 0.00391. The van der Waals surface area contributed by atoms with E-state index < -0.39 is 0 Å². The number of carbonyl (C=O) groups is 2. The van der Waals surface area contributed by atoms with E-state index >= 15 is 0 Å². The predicted octanol–water partition coefficient (Wildman–Crippen LogP) is 1.83. The second-order valence-corrected chi connectivity index (χ2v) is 5.75. The third kappa shape index (κ3) is 5.39. The van der Waals surface area contributed by atoms with E-state index in [1.165, 1.54) is 0 Å². The number of hydrogen-bond donors (Lipinski definition) is 1. The second kappa shape index (κ2) is 8.41. The van der Waals surface area contributed by atoms with Crippen LogP contribution in [0.3, 0.4) is 0 Å². The molecule has 120 valence electrons. The Kier molecular flexibility index (Phi) is 6.25. The smallest absolute Gasteiger partial charge is 0.241 e. The maximum Gasteiger partial charge on any atom is 0.241 e. The summed E-state index contributed by atoms with van der Waals surface area (Å²) in [5.74, 6) is 1.28. The molecule has 5 nitrogen and oxygen atoms in total. The maximum absolute atomic E-state index is 12.0.